The Bertz CT molecular complexity index is 514. The Morgan fingerprint density at radius 2 is 1.79 bits per heavy atom. The molecule has 3 heteroatoms. The molecule has 1 aliphatic carbocycles. The van der Waals surface area contributed by atoms with E-state index in [2.05, 4.69) is 18.2 Å². The van der Waals surface area contributed by atoms with Crippen LogP contribution in [0.5, 0.6) is 0 Å². The van der Waals surface area contributed by atoms with E-state index in [0.717, 1.165) is 6.42 Å². The molecular weight excluding hydrogens is 238 g/mol. The lowest BCUT2D eigenvalue weighted by molar-refractivity contribution is -0.111. The Balaban J connectivity index is 1.94. The molecule has 2 aliphatic rings. The van der Waals surface area contributed by atoms with Crippen molar-refractivity contribution < 1.29 is 9.84 Å². The third-order valence-corrected chi connectivity index (χ3v) is 4.86. The minimum absolute atomic E-state index is 0.581. The average molecular weight is 257 g/mol. The molecule has 0 amide bonds. The quantitative estimate of drug-likeness (QED) is 0.839. The molecule has 1 unspecified atom stereocenters. The maximum atomic E-state index is 11.1. The van der Waals surface area contributed by atoms with Crippen LogP contribution in [0.4, 0.5) is 0 Å². The van der Waals surface area contributed by atoms with Crippen LogP contribution in [-0.4, -0.2) is 23.9 Å². The molecule has 0 bridgehead atoms. The Morgan fingerprint density at radius 1 is 1.11 bits per heavy atom. The first-order valence-corrected chi connectivity index (χ1v) is 6.97. The first-order valence-electron chi connectivity index (χ1n) is 6.97. The van der Waals surface area contributed by atoms with Crippen LogP contribution in [0.3, 0.4) is 0 Å². The summed E-state index contributed by atoms with van der Waals surface area (Å²) in [6.07, 6.45) is 3.41. The number of ether oxygens (including phenoxy) is 1. The van der Waals surface area contributed by atoms with Crippen LogP contribution in [0.1, 0.15) is 30.4 Å². The summed E-state index contributed by atoms with van der Waals surface area (Å²) in [5, 5.41) is 20.8. The summed E-state index contributed by atoms with van der Waals surface area (Å²) in [5.74, 6) is 0. The van der Waals surface area contributed by atoms with Gasteiger partial charge in [-0.3, -0.25) is 0 Å². The summed E-state index contributed by atoms with van der Waals surface area (Å²) in [6.45, 7) is 1.16. The standard InChI is InChI=1S/C16H19NO2/c17-12-15(7-9-19-10-8-15)16(18)6-5-13-3-1-2-4-14(13)11-16/h1-4,18H,5-11H2. The second-order valence-electron chi connectivity index (χ2n) is 5.78. The van der Waals surface area contributed by atoms with E-state index in [1.807, 2.05) is 12.1 Å². The number of fused-ring (bicyclic) bond motifs is 1. The second kappa shape index (κ2) is 4.63. The molecule has 0 saturated carbocycles. The normalized spacial score (nSPS) is 29.3. The highest BCUT2D eigenvalue weighted by Crippen LogP contribution is 2.47. The predicted molar refractivity (Wildman–Crippen MR) is 71.5 cm³/mol. The van der Waals surface area contributed by atoms with Crippen molar-refractivity contribution >= 4 is 0 Å². The van der Waals surface area contributed by atoms with Gasteiger partial charge in [0.2, 0.25) is 0 Å². The molecule has 0 radical (unpaired) electrons. The molecule has 1 aromatic rings. The molecule has 1 aliphatic heterocycles. The van der Waals surface area contributed by atoms with E-state index in [-0.39, 0.29) is 0 Å². The molecule has 1 aromatic carbocycles. The Hall–Kier alpha value is -1.37. The highest BCUT2D eigenvalue weighted by molar-refractivity contribution is 5.33. The lowest BCUT2D eigenvalue weighted by Crippen LogP contribution is -2.53. The minimum Gasteiger partial charge on any atom is -0.388 e. The average Bonchev–Trinajstić information content (AvgIpc) is 2.47. The van der Waals surface area contributed by atoms with E-state index in [1.54, 1.807) is 0 Å². The highest BCUT2D eigenvalue weighted by Gasteiger charge is 2.52. The third kappa shape index (κ3) is 1.96. The van der Waals surface area contributed by atoms with E-state index in [9.17, 15) is 10.4 Å². The van der Waals surface area contributed by atoms with Crippen LogP contribution in [0, 0.1) is 16.7 Å². The number of hydrogen-bond acceptors (Lipinski definition) is 3. The number of aryl methyl sites for hydroxylation is 1. The smallest absolute Gasteiger partial charge is 0.0907 e. The summed E-state index contributed by atoms with van der Waals surface area (Å²) in [5.41, 5.74) is 0.961. The fraction of sp³-hybridized carbons (Fsp3) is 0.562. The van der Waals surface area contributed by atoms with Gasteiger partial charge in [-0.05, 0) is 36.8 Å². The molecule has 1 heterocycles. The Morgan fingerprint density at radius 3 is 2.47 bits per heavy atom. The predicted octanol–water partition coefficient (Wildman–Crippen LogP) is 2.23. The summed E-state index contributed by atoms with van der Waals surface area (Å²) in [4.78, 5) is 0. The Kier molecular flexibility index (Phi) is 3.08. The molecule has 3 rings (SSSR count). The van der Waals surface area contributed by atoms with Gasteiger partial charge in [-0.2, -0.15) is 5.26 Å². The zero-order chi connectivity index (χ0) is 13.3. The number of rotatable bonds is 1. The maximum Gasteiger partial charge on any atom is 0.0907 e. The minimum atomic E-state index is -0.903. The number of aliphatic hydroxyl groups is 1. The van der Waals surface area contributed by atoms with Gasteiger partial charge in [-0.15, -0.1) is 0 Å². The van der Waals surface area contributed by atoms with E-state index in [4.69, 9.17) is 4.74 Å². The van der Waals surface area contributed by atoms with Gasteiger partial charge >= 0.3 is 0 Å². The van der Waals surface area contributed by atoms with E-state index in [1.165, 1.54) is 11.1 Å². The van der Waals surface area contributed by atoms with Crippen molar-refractivity contribution in [3.8, 4) is 6.07 Å². The first-order chi connectivity index (χ1) is 9.19. The molecule has 1 saturated heterocycles. The molecule has 3 nitrogen and oxygen atoms in total. The maximum absolute atomic E-state index is 11.1. The topological polar surface area (TPSA) is 53.2 Å². The van der Waals surface area contributed by atoms with Gasteiger partial charge < -0.3 is 9.84 Å². The number of nitriles is 1. The van der Waals surface area contributed by atoms with Gasteiger partial charge in [-0.25, -0.2) is 0 Å². The molecule has 1 N–H and O–H groups in total. The fourth-order valence-electron chi connectivity index (χ4n) is 3.53. The fourth-order valence-corrected chi connectivity index (χ4v) is 3.53. The van der Waals surface area contributed by atoms with Gasteiger partial charge in [0.25, 0.3) is 0 Å². The van der Waals surface area contributed by atoms with Crippen molar-refractivity contribution in [2.45, 2.75) is 37.7 Å². The van der Waals surface area contributed by atoms with Gasteiger partial charge in [0.1, 0.15) is 0 Å². The van der Waals surface area contributed by atoms with Gasteiger partial charge in [0.15, 0.2) is 0 Å². The summed E-state index contributed by atoms with van der Waals surface area (Å²) >= 11 is 0. The third-order valence-electron chi connectivity index (χ3n) is 4.86. The van der Waals surface area contributed by atoms with Crippen LogP contribution >= 0.6 is 0 Å². The number of hydrogen-bond donors (Lipinski definition) is 1. The lowest BCUT2D eigenvalue weighted by atomic mass is 9.61. The lowest BCUT2D eigenvalue weighted by Gasteiger charge is -2.47. The molecule has 1 atom stereocenters. The van der Waals surface area contributed by atoms with Crippen LogP contribution in [0.25, 0.3) is 0 Å². The zero-order valence-corrected chi connectivity index (χ0v) is 11.1. The van der Waals surface area contributed by atoms with E-state index < -0.39 is 11.0 Å². The summed E-state index contributed by atoms with van der Waals surface area (Å²) in [7, 11) is 0. The molecule has 0 aromatic heterocycles. The highest BCUT2D eigenvalue weighted by atomic mass is 16.5. The van der Waals surface area contributed by atoms with Crippen LogP contribution in [0.15, 0.2) is 24.3 Å². The van der Waals surface area contributed by atoms with E-state index >= 15 is 0 Å². The van der Waals surface area contributed by atoms with Crippen molar-refractivity contribution in [2.75, 3.05) is 13.2 Å². The van der Waals surface area contributed by atoms with Crippen molar-refractivity contribution in [1.82, 2.24) is 0 Å². The molecular formula is C16H19NO2. The van der Waals surface area contributed by atoms with Crippen LogP contribution < -0.4 is 0 Å². The van der Waals surface area contributed by atoms with Crippen molar-refractivity contribution in [1.29, 1.82) is 5.26 Å². The molecule has 0 spiro atoms. The molecule has 100 valence electrons. The molecule has 19 heavy (non-hydrogen) atoms. The molecule has 1 fully saturated rings. The SMILES string of the molecule is N#CC1(C2(O)CCc3ccccc3C2)CCOCC1. The largest absolute Gasteiger partial charge is 0.388 e. The van der Waals surface area contributed by atoms with Crippen molar-refractivity contribution in [3.63, 3.8) is 0 Å². The van der Waals surface area contributed by atoms with Crippen LogP contribution in [0.2, 0.25) is 0 Å². The van der Waals surface area contributed by atoms with Crippen molar-refractivity contribution in [3.05, 3.63) is 35.4 Å². The van der Waals surface area contributed by atoms with Crippen LogP contribution in [-0.2, 0) is 17.6 Å². The summed E-state index contributed by atoms with van der Waals surface area (Å²) in [6, 6.07) is 10.7. The van der Waals surface area contributed by atoms with Gasteiger partial charge in [-0.1, -0.05) is 24.3 Å². The van der Waals surface area contributed by atoms with Crippen molar-refractivity contribution in [2.24, 2.45) is 5.41 Å². The van der Waals surface area contributed by atoms with Gasteiger partial charge in [0.05, 0.1) is 17.1 Å². The number of benzene rings is 1. The first kappa shape index (κ1) is 12.7. The monoisotopic (exact) mass is 257 g/mol. The van der Waals surface area contributed by atoms with Gasteiger partial charge in [0, 0.05) is 19.6 Å². The van der Waals surface area contributed by atoms with E-state index in [0.29, 0.717) is 38.9 Å². The number of nitrogens with zero attached hydrogens (tertiary/aromatic N) is 1. The zero-order valence-electron chi connectivity index (χ0n) is 11.1. The summed E-state index contributed by atoms with van der Waals surface area (Å²) < 4.78 is 5.37. The second-order valence-corrected chi connectivity index (χ2v) is 5.78. The Labute approximate surface area is 113 Å².